The lowest BCUT2D eigenvalue weighted by Crippen LogP contribution is -2.46. The summed E-state index contributed by atoms with van der Waals surface area (Å²) in [6.45, 7) is 4.49. The van der Waals surface area contributed by atoms with E-state index >= 15 is 0 Å². The van der Waals surface area contributed by atoms with Crippen LogP contribution in [0.5, 0.6) is 0 Å². The van der Waals surface area contributed by atoms with Crippen molar-refractivity contribution in [3.63, 3.8) is 0 Å². The maximum Gasteiger partial charge on any atom is 0.129 e. The summed E-state index contributed by atoms with van der Waals surface area (Å²) < 4.78 is 0. The van der Waals surface area contributed by atoms with Gasteiger partial charge in [-0.3, -0.25) is 4.90 Å². The van der Waals surface area contributed by atoms with Crippen molar-refractivity contribution >= 4 is 11.6 Å². The van der Waals surface area contributed by atoms with E-state index < -0.39 is 0 Å². The van der Waals surface area contributed by atoms with Gasteiger partial charge in [0.05, 0.1) is 0 Å². The highest BCUT2D eigenvalue weighted by Crippen LogP contribution is 2.39. The van der Waals surface area contributed by atoms with Crippen molar-refractivity contribution in [2.45, 2.75) is 31.7 Å². The summed E-state index contributed by atoms with van der Waals surface area (Å²) in [5.74, 6) is 0.793. The molecule has 2 heterocycles. The van der Waals surface area contributed by atoms with Gasteiger partial charge in [0.1, 0.15) is 5.15 Å². The fraction of sp³-hybridized carbons (Fsp3) is 0.667. The van der Waals surface area contributed by atoms with Crippen molar-refractivity contribution in [2.75, 3.05) is 26.2 Å². The minimum absolute atomic E-state index is 0.536. The average molecular weight is 280 g/mol. The first-order valence-corrected chi connectivity index (χ1v) is 7.78. The molecule has 0 spiro atoms. The van der Waals surface area contributed by atoms with E-state index in [0.717, 1.165) is 32.1 Å². The van der Waals surface area contributed by atoms with E-state index in [1.165, 1.54) is 31.2 Å². The van der Waals surface area contributed by atoms with Crippen LogP contribution in [-0.4, -0.2) is 36.1 Å². The minimum Gasteiger partial charge on any atom is -0.314 e. The van der Waals surface area contributed by atoms with Gasteiger partial charge < -0.3 is 5.32 Å². The molecular weight excluding hydrogens is 258 g/mol. The molecule has 104 valence electrons. The van der Waals surface area contributed by atoms with Crippen LogP contribution in [0.15, 0.2) is 18.3 Å². The molecule has 0 bridgehead atoms. The molecule has 1 aromatic heterocycles. The third-order valence-corrected chi connectivity index (χ3v) is 4.71. The largest absolute Gasteiger partial charge is 0.314 e. The first-order valence-electron chi connectivity index (χ1n) is 7.41. The second-order valence-corrected chi connectivity index (χ2v) is 6.08. The normalized spacial score (nSPS) is 23.6. The van der Waals surface area contributed by atoms with Crippen molar-refractivity contribution in [1.82, 2.24) is 15.2 Å². The van der Waals surface area contributed by atoms with E-state index in [2.05, 4.69) is 21.3 Å². The zero-order valence-corrected chi connectivity index (χ0v) is 12.1. The van der Waals surface area contributed by atoms with Gasteiger partial charge in [-0.1, -0.05) is 30.5 Å². The van der Waals surface area contributed by atoms with Crippen molar-refractivity contribution in [1.29, 1.82) is 0 Å². The fourth-order valence-electron chi connectivity index (χ4n) is 3.58. The number of nitrogens with one attached hydrogen (secondary N) is 1. The van der Waals surface area contributed by atoms with Crippen LogP contribution >= 0.6 is 11.6 Å². The van der Waals surface area contributed by atoms with Crippen LogP contribution in [0.4, 0.5) is 0 Å². The van der Waals surface area contributed by atoms with Crippen LogP contribution in [0.2, 0.25) is 5.15 Å². The highest BCUT2D eigenvalue weighted by molar-refractivity contribution is 6.29. The molecule has 0 radical (unpaired) electrons. The Kier molecular flexibility index (Phi) is 4.36. The van der Waals surface area contributed by atoms with E-state index in [-0.39, 0.29) is 0 Å². The maximum absolute atomic E-state index is 5.93. The third-order valence-electron chi connectivity index (χ3n) is 4.48. The molecule has 1 N–H and O–H groups in total. The number of hydrogen-bond acceptors (Lipinski definition) is 3. The van der Waals surface area contributed by atoms with E-state index in [9.17, 15) is 0 Å². The molecule has 0 unspecified atom stereocenters. The fourth-order valence-corrected chi connectivity index (χ4v) is 3.69. The van der Waals surface area contributed by atoms with Gasteiger partial charge in [0.2, 0.25) is 0 Å². The summed E-state index contributed by atoms with van der Waals surface area (Å²) in [5.41, 5.74) is 1.35. The second kappa shape index (κ2) is 6.21. The molecule has 1 atom stereocenters. The number of rotatable bonds is 3. The average Bonchev–Trinajstić information content (AvgIpc) is 2.96. The summed E-state index contributed by atoms with van der Waals surface area (Å²) >= 11 is 5.93. The quantitative estimate of drug-likeness (QED) is 0.863. The number of pyridine rings is 1. The van der Waals surface area contributed by atoms with Crippen LogP contribution in [0.25, 0.3) is 0 Å². The maximum atomic E-state index is 5.93. The van der Waals surface area contributed by atoms with Gasteiger partial charge in [-0.05, 0) is 30.4 Å². The summed E-state index contributed by atoms with van der Waals surface area (Å²) in [4.78, 5) is 6.93. The van der Waals surface area contributed by atoms with Crippen molar-refractivity contribution < 1.29 is 0 Å². The molecule has 1 aliphatic heterocycles. The van der Waals surface area contributed by atoms with E-state index in [4.69, 9.17) is 11.6 Å². The Bertz CT molecular complexity index is 394. The number of hydrogen-bond donors (Lipinski definition) is 1. The molecule has 2 aliphatic rings. The Morgan fingerprint density at radius 1 is 1.21 bits per heavy atom. The molecular formula is C15H22ClN3. The Labute approximate surface area is 120 Å². The molecule has 0 amide bonds. The third kappa shape index (κ3) is 3.10. The van der Waals surface area contributed by atoms with Gasteiger partial charge in [0.25, 0.3) is 0 Å². The summed E-state index contributed by atoms with van der Waals surface area (Å²) in [6.07, 6.45) is 7.46. The van der Waals surface area contributed by atoms with Crippen LogP contribution in [0, 0.1) is 5.92 Å². The van der Waals surface area contributed by atoms with Crippen LogP contribution in [0.3, 0.4) is 0 Å². The smallest absolute Gasteiger partial charge is 0.129 e. The molecule has 1 aliphatic carbocycles. The van der Waals surface area contributed by atoms with Gasteiger partial charge >= 0.3 is 0 Å². The predicted molar refractivity (Wildman–Crippen MR) is 78.4 cm³/mol. The van der Waals surface area contributed by atoms with Gasteiger partial charge in [-0.2, -0.15) is 0 Å². The topological polar surface area (TPSA) is 28.2 Å². The molecule has 3 nitrogen and oxygen atoms in total. The minimum atomic E-state index is 0.536. The zero-order valence-electron chi connectivity index (χ0n) is 11.3. The Morgan fingerprint density at radius 2 is 1.95 bits per heavy atom. The highest BCUT2D eigenvalue weighted by Gasteiger charge is 2.31. The molecule has 1 saturated carbocycles. The van der Waals surface area contributed by atoms with Crippen LogP contribution < -0.4 is 5.32 Å². The number of nitrogens with zero attached hydrogens (tertiary/aromatic N) is 2. The van der Waals surface area contributed by atoms with E-state index in [1.807, 2.05) is 12.3 Å². The lowest BCUT2D eigenvalue weighted by Gasteiger charge is -2.38. The highest BCUT2D eigenvalue weighted by atomic mass is 35.5. The van der Waals surface area contributed by atoms with E-state index in [0.29, 0.717) is 11.2 Å². The molecule has 3 rings (SSSR count). The molecule has 19 heavy (non-hydrogen) atoms. The van der Waals surface area contributed by atoms with Gasteiger partial charge in [0, 0.05) is 38.4 Å². The molecule has 2 fully saturated rings. The first kappa shape index (κ1) is 13.3. The van der Waals surface area contributed by atoms with Crippen LogP contribution in [-0.2, 0) is 0 Å². The number of halogens is 1. The molecule has 1 saturated heterocycles. The monoisotopic (exact) mass is 279 g/mol. The Hall–Kier alpha value is -0.640. The van der Waals surface area contributed by atoms with Crippen molar-refractivity contribution in [3.05, 3.63) is 29.0 Å². The molecule has 4 heteroatoms. The standard InChI is InChI=1S/C15H22ClN3/c16-14-6-5-13(11-18-14)15(12-3-1-2-4-12)19-9-7-17-8-10-19/h5-6,11-12,15,17H,1-4,7-10H2/t15-/m1/s1. The number of aromatic nitrogens is 1. The van der Waals surface area contributed by atoms with Crippen molar-refractivity contribution in [2.24, 2.45) is 5.92 Å². The summed E-state index contributed by atoms with van der Waals surface area (Å²) in [6, 6.07) is 4.64. The van der Waals surface area contributed by atoms with Crippen molar-refractivity contribution in [3.8, 4) is 0 Å². The summed E-state index contributed by atoms with van der Waals surface area (Å²) in [7, 11) is 0. The molecule has 0 aromatic carbocycles. The van der Waals surface area contributed by atoms with Crippen LogP contribution in [0.1, 0.15) is 37.3 Å². The summed E-state index contributed by atoms with van der Waals surface area (Å²) in [5, 5.41) is 4.03. The lowest BCUT2D eigenvalue weighted by molar-refractivity contribution is 0.125. The predicted octanol–water partition coefficient (Wildman–Crippen LogP) is 2.87. The van der Waals surface area contributed by atoms with Gasteiger partial charge in [-0.15, -0.1) is 0 Å². The second-order valence-electron chi connectivity index (χ2n) is 5.69. The molecule has 1 aromatic rings. The van der Waals surface area contributed by atoms with E-state index in [1.54, 1.807) is 0 Å². The Morgan fingerprint density at radius 3 is 2.58 bits per heavy atom. The van der Waals surface area contributed by atoms with Gasteiger partial charge in [0.15, 0.2) is 0 Å². The SMILES string of the molecule is Clc1ccc([C@@H](C2CCCC2)N2CCNCC2)cn1. The first-order chi connectivity index (χ1) is 9.34. The van der Waals surface area contributed by atoms with Gasteiger partial charge in [-0.25, -0.2) is 4.98 Å². The Balaban J connectivity index is 1.83. The number of piperazine rings is 1. The lowest BCUT2D eigenvalue weighted by atomic mass is 9.90. The zero-order chi connectivity index (χ0) is 13.1.